The van der Waals surface area contributed by atoms with Gasteiger partial charge in [0.05, 0.1) is 16.5 Å². The number of halogens is 3. The topological polar surface area (TPSA) is 105 Å². The number of nitrogens with two attached hydrogens (primary N) is 2. The number of piperidine rings is 1. The van der Waals surface area contributed by atoms with Crippen molar-refractivity contribution in [2.75, 3.05) is 18.0 Å². The van der Waals surface area contributed by atoms with Crippen LogP contribution >= 0.6 is 0 Å². The van der Waals surface area contributed by atoms with Crippen LogP contribution in [0.3, 0.4) is 0 Å². The van der Waals surface area contributed by atoms with Crippen LogP contribution in [0.15, 0.2) is 53.9 Å². The van der Waals surface area contributed by atoms with Crippen LogP contribution in [0.4, 0.5) is 19.0 Å². The SMILES string of the molecule is N/N=C(\NN)C1CCCN(c2ncnc3cccc(-c4ccc(C(F)(F)F)cc4)c23)C1. The van der Waals surface area contributed by atoms with E-state index in [1.54, 1.807) is 0 Å². The normalized spacial score (nSPS) is 17.7. The fraction of sp³-hybridized carbons (Fsp3) is 0.286. The second-order valence-electron chi connectivity index (χ2n) is 7.42. The van der Waals surface area contributed by atoms with E-state index in [0.29, 0.717) is 23.5 Å². The minimum Gasteiger partial charge on any atom is -0.355 e. The fourth-order valence-electron chi connectivity index (χ4n) is 4.07. The molecule has 0 radical (unpaired) electrons. The van der Waals surface area contributed by atoms with Crippen LogP contribution in [-0.2, 0) is 6.18 Å². The second kappa shape index (κ2) is 8.38. The van der Waals surface area contributed by atoms with Crippen molar-refractivity contribution in [2.45, 2.75) is 19.0 Å². The van der Waals surface area contributed by atoms with Crippen LogP contribution in [0.25, 0.3) is 22.0 Å². The summed E-state index contributed by atoms with van der Waals surface area (Å²) in [6.45, 7) is 1.38. The number of rotatable bonds is 3. The number of hydrogen-bond donors (Lipinski definition) is 3. The van der Waals surface area contributed by atoms with Crippen molar-refractivity contribution >= 4 is 22.6 Å². The molecule has 7 nitrogen and oxygen atoms in total. The standard InChI is InChI=1S/C21H22F3N7/c22-21(23,24)15-8-6-13(7-9-15)16-4-1-5-17-18(16)20(28-12-27-17)31-10-2-3-14(11-31)19(29-25)30-26/h1,4-9,12,14H,2-3,10-11,25-26H2,(H,29,30). The van der Waals surface area contributed by atoms with Gasteiger partial charge in [-0.25, -0.2) is 15.8 Å². The molecule has 0 aliphatic carbocycles. The summed E-state index contributed by atoms with van der Waals surface area (Å²) in [5.41, 5.74) is 4.03. The fourth-order valence-corrected chi connectivity index (χ4v) is 4.07. The van der Waals surface area contributed by atoms with Crippen molar-refractivity contribution in [3.63, 3.8) is 0 Å². The van der Waals surface area contributed by atoms with E-state index in [2.05, 4.69) is 25.4 Å². The maximum absolute atomic E-state index is 13.0. The molecule has 31 heavy (non-hydrogen) atoms. The third-order valence-corrected chi connectivity index (χ3v) is 5.56. The van der Waals surface area contributed by atoms with Gasteiger partial charge in [0.2, 0.25) is 0 Å². The maximum Gasteiger partial charge on any atom is 0.416 e. The quantitative estimate of drug-likeness (QED) is 0.255. The molecule has 1 saturated heterocycles. The highest BCUT2D eigenvalue weighted by atomic mass is 19.4. The van der Waals surface area contributed by atoms with Crippen LogP contribution in [0, 0.1) is 5.92 Å². The third kappa shape index (κ3) is 4.11. The van der Waals surface area contributed by atoms with Crippen LogP contribution in [0.5, 0.6) is 0 Å². The zero-order valence-electron chi connectivity index (χ0n) is 16.6. The number of hydrazone groups is 1. The number of aromatic nitrogens is 2. The summed E-state index contributed by atoms with van der Waals surface area (Å²) in [6, 6.07) is 10.7. The number of nitrogens with one attached hydrogen (secondary N) is 1. The van der Waals surface area contributed by atoms with Gasteiger partial charge < -0.3 is 16.2 Å². The molecule has 1 atom stereocenters. The lowest BCUT2D eigenvalue weighted by Crippen LogP contribution is -2.46. The molecule has 2 aromatic carbocycles. The van der Waals surface area contributed by atoms with Crippen LogP contribution < -0.4 is 22.0 Å². The Balaban J connectivity index is 1.78. The molecule has 1 aliphatic rings. The highest BCUT2D eigenvalue weighted by molar-refractivity contribution is 6.02. The van der Waals surface area contributed by atoms with Gasteiger partial charge >= 0.3 is 6.18 Å². The van der Waals surface area contributed by atoms with Crippen molar-refractivity contribution in [1.82, 2.24) is 15.4 Å². The smallest absolute Gasteiger partial charge is 0.355 e. The Morgan fingerprint density at radius 2 is 1.90 bits per heavy atom. The number of hydrazine groups is 1. The maximum atomic E-state index is 13.0. The zero-order valence-corrected chi connectivity index (χ0v) is 16.6. The van der Waals surface area contributed by atoms with Gasteiger partial charge in [-0.3, -0.25) is 0 Å². The third-order valence-electron chi connectivity index (χ3n) is 5.56. The molecule has 4 rings (SSSR count). The average molecular weight is 429 g/mol. The lowest BCUT2D eigenvalue weighted by Gasteiger charge is -2.34. The summed E-state index contributed by atoms with van der Waals surface area (Å²) in [5, 5.41) is 4.53. The molecule has 162 valence electrons. The number of alkyl halides is 3. The molecular formula is C21H22F3N7. The Morgan fingerprint density at radius 1 is 1.13 bits per heavy atom. The van der Waals surface area contributed by atoms with Gasteiger partial charge in [-0.2, -0.15) is 18.3 Å². The first-order valence-electron chi connectivity index (χ1n) is 9.83. The molecule has 5 N–H and O–H groups in total. The van der Waals surface area contributed by atoms with E-state index in [0.717, 1.165) is 48.3 Å². The first-order valence-corrected chi connectivity index (χ1v) is 9.83. The molecule has 0 bridgehead atoms. The van der Waals surface area contributed by atoms with Gasteiger partial charge in [-0.05, 0) is 42.2 Å². The molecular weight excluding hydrogens is 407 g/mol. The summed E-state index contributed by atoms with van der Waals surface area (Å²) < 4.78 is 38.9. The Morgan fingerprint density at radius 3 is 2.58 bits per heavy atom. The average Bonchev–Trinajstić information content (AvgIpc) is 2.79. The van der Waals surface area contributed by atoms with Crippen molar-refractivity contribution < 1.29 is 13.2 Å². The van der Waals surface area contributed by atoms with Gasteiger partial charge in [0, 0.05) is 19.0 Å². The predicted octanol–water partition coefficient (Wildman–Crippen LogP) is 3.27. The molecule has 2 heterocycles. The molecule has 3 aromatic rings. The van der Waals surface area contributed by atoms with E-state index in [4.69, 9.17) is 11.7 Å². The summed E-state index contributed by atoms with van der Waals surface area (Å²) >= 11 is 0. The zero-order chi connectivity index (χ0) is 22.0. The van der Waals surface area contributed by atoms with Crippen molar-refractivity contribution in [3.8, 4) is 11.1 Å². The monoisotopic (exact) mass is 429 g/mol. The first kappa shape index (κ1) is 20.9. The van der Waals surface area contributed by atoms with E-state index in [9.17, 15) is 13.2 Å². The van der Waals surface area contributed by atoms with Crippen LogP contribution in [0.1, 0.15) is 18.4 Å². The van der Waals surface area contributed by atoms with E-state index in [1.807, 2.05) is 18.2 Å². The van der Waals surface area contributed by atoms with E-state index in [1.165, 1.54) is 18.5 Å². The van der Waals surface area contributed by atoms with Gasteiger partial charge in [0.25, 0.3) is 0 Å². The van der Waals surface area contributed by atoms with Crippen molar-refractivity contribution in [2.24, 2.45) is 22.7 Å². The van der Waals surface area contributed by atoms with Gasteiger partial charge in [0.1, 0.15) is 18.0 Å². The molecule has 0 saturated carbocycles. The van der Waals surface area contributed by atoms with E-state index >= 15 is 0 Å². The molecule has 10 heteroatoms. The Labute approximate surface area is 176 Å². The molecule has 1 unspecified atom stereocenters. The lowest BCUT2D eigenvalue weighted by molar-refractivity contribution is -0.137. The molecule has 1 fully saturated rings. The number of anilines is 1. The minimum absolute atomic E-state index is 0.0204. The number of hydrogen-bond acceptors (Lipinski definition) is 6. The van der Waals surface area contributed by atoms with Crippen molar-refractivity contribution in [3.05, 3.63) is 54.4 Å². The lowest BCUT2D eigenvalue weighted by atomic mass is 9.95. The Hall–Kier alpha value is -3.40. The summed E-state index contributed by atoms with van der Waals surface area (Å²) in [4.78, 5) is 11.0. The van der Waals surface area contributed by atoms with Gasteiger partial charge in [-0.1, -0.05) is 24.3 Å². The largest absolute Gasteiger partial charge is 0.416 e. The number of fused-ring (bicyclic) bond motifs is 1. The number of benzene rings is 2. The van der Waals surface area contributed by atoms with E-state index < -0.39 is 11.7 Å². The van der Waals surface area contributed by atoms with E-state index in [-0.39, 0.29) is 5.92 Å². The van der Waals surface area contributed by atoms with Crippen LogP contribution in [-0.4, -0.2) is 28.9 Å². The summed E-state index contributed by atoms with van der Waals surface area (Å²) in [6.07, 6.45) is -1.12. The first-order chi connectivity index (χ1) is 14.9. The van der Waals surface area contributed by atoms with Crippen molar-refractivity contribution in [1.29, 1.82) is 0 Å². The van der Waals surface area contributed by atoms with Crippen LogP contribution in [0.2, 0.25) is 0 Å². The molecule has 1 aromatic heterocycles. The highest BCUT2D eigenvalue weighted by Gasteiger charge is 2.30. The number of amidine groups is 1. The predicted molar refractivity (Wildman–Crippen MR) is 114 cm³/mol. The Kier molecular flexibility index (Phi) is 5.64. The summed E-state index contributed by atoms with van der Waals surface area (Å²) in [5.74, 6) is 12.3. The minimum atomic E-state index is -4.38. The molecule has 1 aliphatic heterocycles. The Bertz CT molecular complexity index is 1090. The second-order valence-corrected chi connectivity index (χ2v) is 7.42. The number of nitrogens with zero attached hydrogens (tertiary/aromatic N) is 4. The summed E-state index contributed by atoms with van der Waals surface area (Å²) in [7, 11) is 0. The van der Waals surface area contributed by atoms with Gasteiger partial charge in [-0.15, -0.1) is 0 Å². The molecule has 0 amide bonds. The van der Waals surface area contributed by atoms with Gasteiger partial charge in [0.15, 0.2) is 0 Å². The molecule has 0 spiro atoms. The highest BCUT2D eigenvalue weighted by Crippen LogP contribution is 2.37.